The number of likely N-dealkylation sites (tertiary alicyclic amines) is 2. The van der Waals surface area contributed by atoms with Crippen LogP contribution in [0.25, 0.3) is 0 Å². The predicted molar refractivity (Wildman–Crippen MR) is 95.1 cm³/mol. The summed E-state index contributed by atoms with van der Waals surface area (Å²) in [7, 11) is 0. The number of hydrogen-bond acceptors (Lipinski definition) is 5. The maximum Gasteiger partial charge on any atom is 0.356 e. The van der Waals surface area contributed by atoms with Crippen LogP contribution in [-0.2, 0) is 4.79 Å². The van der Waals surface area contributed by atoms with Gasteiger partial charge in [0.15, 0.2) is 5.69 Å². The van der Waals surface area contributed by atoms with Crippen molar-refractivity contribution >= 4 is 17.8 Å². The molecule has 1 aliphatic carbocycles. The largest absolute Gasteiger partial charge is 0.476 e. The average Bonchev–Trinajstić information content (AvgIpc) is 3.41. The fraction of sp³-hybridized carbons (Fsp3) is 0.632. The topological polar surface area (TPSA) is 104 Å². The van der Waals surface area contributed by atoms with Gasteiger partial charge >= 0.3 is 5.97 Å². The van der Waals surface area contributed by atoms with Crippen LogP contribution in [0.15, 0.2) is 12.4 Å². The third kappa shape index (κ3) is 3.40. The van der Waals surface area contributed by atoms with Crippen molar-refractivity contribution in [1.29, 1.82) is 0 Å². The molecule has 1 unspecified atom stereocenters. The van der Waals surface area contributed by atoms with Crippen molar-refractivity contribution in [2.24, 2.45) is 11.3 Å². The molecular weight excluding hydrogens is 348 g/mol. The van der Waals surface area contributed by atoms with E-state index in [0.29, 0.717) is 19.0 Å². The number of aromatic carboxylic acids is 1. The summed E-state index contributed by atoms with van der Waals surface area (Å²) in [6, 6.07) is 0. The summed E-state index contributed by atoms with van der Waals surface area (Å²) >= 11 is 0. The van der Waals surface area contributed by atoms with Gasteiger partial charge in [0.25, 0.3) is 5.91 Å². The number of amides is 2. The zero-order valence-corrected chi connectivity index (χ0v) is 15.3. The third-order valence-corrected chi connectivity index (χ3v) is 6.29. The van der Waals surface area contributed by atoms with Crippen LogP contribution in [0.1, 0.15) is 59.5 Å². The number of hydrogen-bond donors (Lipinski definition) is 1. The third-order valence-electron chi connectivity index (χ3n) is 6.29. The van der Waals surface area contributed by atoms with Gasteiger partial charge in [0.2, 0.25) is 5.91 Å². The fourth-order valence-electron chi connectivity index (χ4n) is 4.45. The zero-order chi connectivity index (χ0) is 19.0. The maximum atomic E-state index is 12.7. The predicted octanol–water partition coefficient (Wildman–Crippen LogP) is 1.43. The van der Waals surface area contributed by atoms with E-state index in [-0.39, 0.29) is 28.6 Å². The molecule has 144 valence electrons. The smallest absolute Gasteiger partial charge is 0.356 e. The van der Waals surface area contributed by atoms with Crippen molar-refractivity contribution in [3.8, 4) is 0 Å². The molecule has 2 aliphatic heterocycles. The van der Waals surface area contributed by atoms with Gasteiger partial charge in [-0.1, -0.05) is 0 Å². The van der Waals surface area contributed by atoms with Gasteiger partial charge in [-0.2, -0.15) is 0 Å². The summed E-state index contributed by atoms with van der Waals surface area (Å²) in [4.78, 5) is 47.6. The lowest BCUT2D eigenvalue weighted by Crippen LogP contribution is -2.42. The number of carbonyl (C=O) groups is 3. The van der Waals surface area contributed by atoms with Gasteiger partial charge in [-0.25, -0.2) is 14.8 Å². The van der Waals surface area contributed by atoms with E-state index in [1.54, 1.807) is 4.90 Å². The molecule has 3 fully saturated rings. The van der Waals surface area contributed by atoms with Crippen molar-refractivity contribution < 1.29 is 19.5 Å². The summed E-state index contributed by atoms with van der Waals surface area (Å²) in [5.74, 6) is -0.958. The molecule has 3 heterocycles. The Kier molecular flexibility index (Phi) is 4.57. The Hall–Kier alpha value is -2.51. The zero-order valence-electron chi connectivity index (χ0n) is 15.3. The minimum absolute atomic E-state index is 0.0736. The maximum absolute atomic E-state index is 12.7. The second-order valence-corrected chi connectivity index (χ2v) is 7.89. The molecule has 0 aromatic carbocycles. The van der Waals surface area contributed by atoms with E-state index in [1.807, 2.05) is 4.90 Å². The van der Waals surface area contributed by atoms with E-state index >= 15 is 0 Å². The first kappa shape index (κ1) is 17.9. The Morgan fingerprint density at radius 2 is 1.56 bits per heavy atom. The molecule has 27 heavy (non-hydrogen) atoms. The van der Waals surface area contributed by atoms with Crippen molar-refractivity contribution in [3.63, 3.8) is 0 Å². The number of rotatable bonds is 3. The van der Waals surface area contributed by atoms with Crippen LogP contribution < -0.4 is 0 Å². The highest BCUT2D eigenvalue weighted by atomic mass is 16.4. The molecule has 2 saturated heterocycles. The highest BCUT2D eigenvalue weighted by Gasteiger charge is 2.59. The van der Waals surface area contributed by atoms with Crippen LogP contribution in [0.2, 0.25) is 0 Å². The van der Waals surface area contributed by atoms with Crippen molar-refractivity contribution in [2.75, 3.05) is 26.2 Å². The summed E-state index contributed by atoms with van der Waals surface area (Å²) in [5.41, 5.74) is 0.0540. The fourth-order valence-corrected chi connectivity index (χ4v) is 4.45. The lowest BCUT2D eigenvalue weighted by Gasteiger charge is -2.34. The first-order chi connectivity index (χ1) is 13.0. The van der Waals surface area contributed by atoms with Crippen molar-refractivity contribution in [2.45, 2.75) is 38.5 Å². The first-order valence-electron chi connectivity index (χ1n) is 9.64. The second-order valence-electron chi connectivity index (χ2n) is 7.89. The van der Waals surface area contributed by atoms with E-state index in [0.717, 1.165) is 51.4 Å². The molecular formula is C19H24N4O4. The summed E-state index contributed by atoms with van der Waals surface area (Å²) in [6.07, 6.45) is 8.37. The van der Waals surface area contributed by atoms with Gasteiger partial charge in [-0.05, 0) is 43.9 Å². The molecule has 0 radical (unpaired) electrons. The number of carboxylic acids is 1. The van der Waals surface area contributed by atoms with Crippen LogP contribution >= 0.6 is 0 Å². The van der Waals surface area contributed by atoms with E-state index in [4.69, 9.17) is 5.11 Å². The number of aromatic nitrogens is 2. The number of carbonyl (C=O) groups excluding carboxylic acids is 2. The quantitative estimate of drug-likeness (QED) is 0.861. The monoisotopic (exact) mass is 372 g/mol. The molecule has 2 amide bonds. The van der Waals surface area contributed by atoms with Crippen LogP contribution in [0.3, 0.4) is 0 Å². The molecule has 0 bridgehead atoms. The van der Waals surface area contributed by atoms with E-state index in [2.05, 4.69) is 9.97 Å². The lowest BCUT2D eigenvalue weighted by molar-refractivity contribution is -0.134. The molecule has 1 atom stereocenters. The summed E-state index contributed by atoms with van der Waals surface area (Å²) < 4.78 is 0. The van der Waals surface area contributed by atoms with E-state index in [9.17, 15) is 14.4 Å². The summed E-state index contributed by atoms with van der Waals surface area (Å²) in [5, 5.41) is 8.86. The van der Waals surface area contributed by atoms with Crippen LogP contribution in [0.5, 0.6) is 0 Å². The molecule has 1 N–H and O–H groups in total. The Labute approximate surface area is 157 Å². The van der Waals surface area contributed by atoms with Crippen LogP contribution in [0, 0.1) is 11.3 Å². The van der Waals surface area contributed by atoms with Gasteiger partial charge in [0, 0.05) is 32.1 Å². The van der Waals surface area contributed by atoms with Crippen molar-refractivity contribution in [1.82, 2.24) is 19.8 Å². The Morgan fingerprint density at radius 1 is 0.926 bits per heavy atom. The van der Waals surface area contributed by atoms with Crippen molar-refractivity contribution in [3.05, 3.63) is 23.8 Å². The standard InChI is InChI=1S/C19H24N4O4/c24-16(22-6-2-1-3-7-22)13-10-19(13)4-8-23(9-5-19)17(25)14-11-21-15(12-20-14)18(26)27/h11-13H,1-10H2,(H,26,27). The number of nitrogens with zero attached hydrogens (tertiary/aromatic N) is 4. The molecule has 8 nitrogen and oxygen atoms in total. The molecule has 8 heteroatoms. The van der Waals surface area contributed by atoms with Gasteiger partial charge in [0.05, 0.1) is 12.4 Å². The molecule has 4 rings (SSSR count). The molecule has 1 spiro atoms. The normalized spacial score (nSPS) is 23.9. The molecule has 1 aromatic rings. The van der Waals surface area contributed by atoms with E-state index in [1.165, 1.54) is 12.6 Å². The highest BCUT2D eigenvalue weighted by Crippen LogP contribution is 2.60. The molecule has 1 saturated carbocycles. The Balaban J connectivity index is 1.33. The second kappa shape index (κ2) is 6.90. The first-order valence-corrected chi connectivity index (χ1v) is 9.64. The Bertz CT molecular complexity index is 749. The highest BCUT2D eigenvalue weighted by molar-refractivity contribution is 5.93. The van der Waals surface area contributed by atoms with Gasteiger partial charge in [-0.15, -0.1) is 0 Å². The van der Waals surface area contributed by atoms with E-state index < -0.39 is 5.97 Å². The molecule has 1 aromatic heterocycles. The van der Waals surface area contributed by atoms with Crippen LogP contribution in [0.4, 0.5) is 0 Å². The van der Waals surface area contributed by atoms with Gasteiger partial charge in [-0.3, -0.25) is 9.59 Å². The SMILES string of the molecule is O=C(O)c1cnc(C(=O)N2CCC3(CC2)CC3C(=O)N2CCCCC2)cn1. The Morgan fingerprint density at radius 3 is 2.15 bits per heavy atom. The van der Waals surface area contributed by atoms with Gasteiger partial charge < -0.3 is 14.9 Å². The average molecular weight is 372 g/mol. The number of carboxylic acid groups (broad SMARTS) is 1. The minimum atomic E-state index is -1.17. The lowest BCUT2D eigenvalue weighted by atomic mass is 9.90. The summed E-state index contributed by atoms with van der Waals surface area (Å²) in [6.45, 7) is 2.98. The minimum Gasteiger partial charge on any atom is -0.476 e. The van der Waals surface area contributed by atoms with Crippen LogP contribution in [-0.4, -0.2) is 68.8 Å². The van der Waals surface area contributed by atoms with Gasteiger partial charge in [0.1, 0.15) is 5.69 Å². The molecule has 3 aliphatic rings. The number of piperidine rings is 2.